The Morgan fingerprint density at radius 2 is 2.08 bits per heavy atom. The standard InChI is InChI=1S/C16H18BrFN6O2/c1-16(4-6-20-7-5-16)15(25)22-14-12(23-26-24-14)13(19)21-9-2-3-11(18)10(17)8-9/h2-3,8,20H,4-7H2,1H3,(H2,19,21)(H,22,24,25). The minimum absolute atomic E-state index is 0.0660. The van der Waals surface area contributed by atoms with Crippen LogP contribution in [0.3, 0.4) is 0 Å². The van der Waals surface area contributed by atoms with E-state index in [1.54, 1.807) is 0 Å². The van der Waals surface area contributed by atoms with E-state index in [9.17, 15) is 9.18 Å². The molecule has 1 aliphatic heterocycles. The van der Waals surface area contributed by atoms with Crippen molar-refractivity contribution >= 4 is 39.2 Å². The predicted octanol–water partition coefficient (Wildman–Crippen LogP) is 2.74. The molecule has 4 N–H and O–H groups in total. The lowest BCUT2D eigenvalue weighted by molar-refractivity contribution is -0.126. The van der Waals surface area contributed by atoms with Gasteiger partial charge in [-0.2, -0.15) is 0 Å². The zero-order valence-corrected chi connectivity index (χ0v) is 15.6. The maximum atomic E-state index is 13.3. The third kappa shape index (κ3) is 3.91. The summed E-state index contributed by atoms with van der Waals surface area (Å²) >= 11 is 3.09. The molecule has 8 nitrogen and oxygen atoms in total. The van der Waals surface area contributed by atoms with Crippen molar-refractivity contribution < 1.29 is 13.8 Å². The number of anilines is 2. The van der Waals surface area contributed by atoms with Gasteiger partial charge in [-0.25, -0.2) is 9.02 Å². The average Bonchev–Trinajstić information content (AvgIpc) is 3.07. The molecule has 1 amide bonds. The van der Waals surface area contributed by atoms with Crippen LogP contribution in [0, 0.1) is 16.6 Å². The van der Waals surface area contributed by atoms with Crippen molar-refractivity contribution in [1.29, 1.82) is 5.41 Å². The molecule has 1 aromatic carbocycles. The van der Waals surface area contributed by atoms with Gasteiger partial charge >= 0.3 is 0 Å². The second-order valence-corrected chi connectivity index (χ2v) is 7.21. The molecule has 138 valence electrons. The number of rotatable bonds is 4. The third-order valence-corrected chi connectivity index (χ3v) is 5.01. The van der Waals surface area contributed by atoms with Gasteiger partial charge < -0.3 is 16.0 Å². The summed E-state index contributed by atoms with van der Waals surface area (Å²) in [5, 5.41) is 24.2. The highest BCUT2D eigenvalue weighted by atomic mass is 79.9. The van der Waals surface area contributed by atoms with Crippen LogP contribution in [0.15, 0.2) is 27.3 Å². The molecule has 0 unspecified atom stereocenters. The number of amidine groups is 1. The van der Waals surface area contributed by atoms with Crippen LogP contribution < -0.4 is 16.0 Å². The molecule has 1 saturated heterocycles. The highest BCUT2D eigenvalue weighted by molar-refractivity contribution is 9.10. The Balaban J connectivity index is 1.72. The minimum Gasteiger partial charge on any atom is -0.339 e. The van der Waals surface area contributed by atoms with Crippen LogP contribution in [0.5, 0.6) is 0 Å². The van der Waals surface area contributed by atoms with Gasteiger partial charge in [0.2, 0.25) is 11.7 Å². The SMILES string of the molecule is CC1(C(=O)Nc2nonc2C(=N)Nc2ccc(F)c(Br)c2)CCNCC1. The van der Waals surface area contributed by atoms with Gasteiger partial charge in [0.15, 0.2) is 11.5 Å². The number of benzene rings is 1. The van der Waals surface area contributed by atoms with Gasteiger partial charge in [0.1, 0.15) is 5.82 Å². The molecular formula is C16H18BrFN6O2. The molecule has 1 aromatic heterocycles. The Morgan fingerprint density at radius 3 is 2.77 bits per heavy atom. The molecule has 0 spiro atoms. The summed E-state index contributed by atoms with van der Waals surface area (Å²) in [6.45, 7) is 3.44. The van der Waals surface area contributed by atoms with E-state index in [0.717, 1.165) is 13.1 Å². The molecular weight excluding hydrogens is 407 g/mol. The van der Waals surface area contributed by atoms with Crippen LogP contribution in [-0.2, 0) is 4.79 Å². The fraction of sp³-hybridized carbons (Fsp3) is 0.375. The van der Waals surface area contributed by atoms with Crippen molar-refractivity contribution in [3.8, 4) is 0 Å². The minimum atomic E-state index is -0.515. The van der Waals surface area contributed by atoms with E-state index in [1.165, 1.54) is 18.2 Å². The molecule has 26 heavy (non-hydrogen) atoms. The van der Waals surface area contributed by atoms with Crippen molar-refractivity contribution in [1.82, 2.24) is 15.6 Å². The topological polar surface area (TPSA) is 116 Å². The van der Waals surface area contributed by atoms with E-state index in [4.69, 9.17) is 10.0 Å². The highest BCUT2D eigenvalue weighted by Crippen LogP contribution is 2.30. The van der Waals surface area contributed by atoms with Crippen LogP contribution in [0.1, 0.15) is 25.5 Å². The summed E-state index contributed by atoms with van der Waals surface area (Å²) in [6.07, 6.45) is 1.41. The second kappa shape index (κ2) is 7.50. The van der Waals surface area contributed by atoms with E-state index in [0.29, 0.717) is 18.5 Å². The quantitative estimate of drug-likeness (QED) is 0.442. The number of piperidine rings is 1. The zero-order valence-electron chi connectivity index (χ0n) is 14.0. The smallest absolute Gasteiger partial charge is 0.231 e. The molecule has 0 bridgehead atoms. The van der Waals surface area contributed by atoms with E-state index in [-0.39, 0.29) is 27.7 Å². The molecule has 0 saturated carbocycles. The van der Waals surface area contributed by atoms with Crippen LogP contribution in [-0.4, -0.2) is 35.1 Å². The van der Waals surface area contributed by atoms with Crippen LogP contribution >= 0.6 is 15.9 Å². The van der Waals surface area contributed by atoms with Crippen LogP contribution in [0.2, 0.25) is 0 Å². The Labute approximate surface area is 157 Å². The molecule has 10 heteroatoms. The summed E-state index contributed by atoms with van der Waals surface area (Å²) in [5.41, 5.74) is 0.0315. The normalized spacial score (nSPS) is 16.1. The van der Waals surface area contributed by atoms with Gasteiger partial charge in [-0.3, -0.25) is 10.2 Å². The molecule has 1 aliphatic rings. The number of nitrogens with zero attached hydrogens (tertiary/aromatic N) is 2. The Kier molecular flexibility index (Phi) is 5.33. The maximum absolute atomic E-state index is 13.3. The largest absolute Gasteiger partial charge is 0.339 e. The highest BCUT2D eigenvalue weighted by Gasteiger charge is 2.35. The number of hydrogen-bond donors (Lipinski definition) is 4. The number of hydrogen-bond acceptors (Lipinski definition) is 6. The molecule has 2 aromatic rings. The first-order chi connectivity index (χ1) is 12.4. The molecule has 1 fully saturated rings. The van der Waals surface area contributed by atoms with Gasteiger partial charge in [0.25, 0.3) is 0 Å². The Morgan fingerprint density at radius 1 is 1.35 bits per heavy atom. The Bertz CT molecular complexity index is 834. The molecule has 0 atom stereocenters. The first-order valence-corrected chi connectivity index (χ1v) is 8.84. The first-order valence-electron chi connectivity index (χ1n) is 8.05. The zero-order chi connectivity index (χ0) is 18.7. The van der Waals surface area contributed by atoms with Crippen molar-refractivity contribution in [3.63, 3.8) is 0 Å². The average molecular weight is 425 g/mol. The third-order valence-electron chi connectivity index (χ3n) is 4.40. The number of halogens is 2. The van der Waals surface area contributed by atoms with Gasteiger partial charge in [-0.15, -0.1) is 0 Å². The summed E-state index contributed by atoms with van der Waals surface area (Å²) in [5.74, 6) is -0.648. The lowest BCUT2D eigenvalue weighted by Crippen LogP contribution is -2.43. The summed E-state index contributed by atoms with van der Waals surface area (Å²) in [7, 11) is 0. The van der Waals surface area contributed by atoms with Crippen LogP contribution in [0.25, 0.3) is 0 Å². The number of carbonyl (C=O) groups excluding carboxylic acids is 1. The van der Waals surface area contributed by atoms with Gasteiger partial charge in [0.05, 0.1) is 4.47 Å². The fourth-order valence-corrected chi connectivity index (χ4v) is 3.05. The van der Waals surface area contributed by atoms with Gasteiger partial charge in [-0.1, -0.05) is 6.92 Å². The van der Waals surface area contributed by atoms with E-state index >= 15 is 0 Å². The summed E-state index contributed by atoms with van der Waals surface area (Å²) in [4.78, 5) is 12.6. The van der Waals surface area contributed by atoms with E-state index in [2.05, 4.69) is 42.2 Å². The first kappa shape index (κ1) is 18.5. The molecule has 2 heterocycles. The maximum Gasteiger partial charge on any atom is 0.231 e. The summed E-state index contributed by atoms with van der Waals surface area (Å²) < 4.78 is 18.3. The van der Waals surface area contributed by atoms with Crippen molar-refractivity contribution in [2.24, 2.45) is 5.41 Å². The fourth-order valence-electron chi connectivity index (χ4n) is 2.68. The molecule has 3 rings (SSSR count). The summed E-state index contributed by atoms with van der Waals surface area (Å²) in [6, 6.07) is 4.24. The second-order valence-electron chi connectivity index (χ2n) is 6.36. The monoisotopic (exact) mass is 424 g/mol. The number of aromatic nitrogens is 2. The molecule has 0 aliphatic carbocycles. The van der Waals surface area contributed by atoms with Crippen molar-refractivity contribution in [2.45, 2.75) is 19.8 Å². The van der Waals surface area contributed by atoms with Gasteiger partial charge in [0, 0.05) is 11.1 Å². The predicted molar refractivity (Wildman–Crippen MR) is 97.7 cm³/mol. The lowest BCUT2D eigenvalue weighted by Gasteiger charge is -2.32. The Hall–Kier alpha value is -2.33. The van der Waals surface area contributed by atoms with Crippen molar-refractivity contribution in [2.75, 3.05) is 23.7 Å². The van der Waals surface area contributed by atoms with Crippen LogP contribution in [0.4, 0.5) is 15.9 Å². The lowest BCUT2D eigenvalue weighted by atomic mass is 9.80. The number of nitrogens with one attached hydrogen (secondary N) is 4. The number of amides is 1. The van der Waals surface area contributed by atoms with Gasteiger partial charge in [-0.05, 0) is 70.4 Å². The van der Waals surface area contributed by atoms with E-state index in [1.807, 2.05) is 6.92 Å². The molecule has 0 radical (unpaired) electrons. The van der Waals surface area contributed by atoms with Crippen molar-refractivity contribution in [3.05, 3.63) is 34.2 Å². The van der Waals surface area contributed by atoms with E-state index < -0.39 is 11.2 Å². The number of carbonyl (C=O) groups is 1.